The molecule has 3 heterocycles. The normalized spacial score (nSPS) is 27.8. The SMILES string of the molecule is Cc1cn(C2[Se]C[C@@H]3O[Si](C(C)C)(C(C)C)O[Si](C(C)C)(C(C)C)O[C@@H]23)c(=O)[nH]c1=O. The van der Waals surface area contributed by atoms with Crippen LogP contribution >= 0.6 is 0 Å². The molecule has 1 aromatic heterocycles. The molecule has 2 aliphatic rings. The number of nitrogens with zero attached hydrogens (tertiary/aromatic N) is 1. The molecule has 0 aromatic carbocycles. The van der Waals surface area contributed by atoms with Crippen LogP contribution in [0.15, 0.2) is 15.8 Å². The van der Waals surface area contributed by atoms with Gasteiger partial charge in [0.25, 0.3) is 0 Å². The summed E-state index contributed by atoms with van der Waals surface area (Å²) in [5, 5.41) is 0.880. The third-order valence-electron chi connectivity index (χ3n) is 6.69. The van der Waals surface area contributed by atoms with Crippen molar-refractivity contribution in [3.8, 4) is 0 Å². The molecule has 0 radical (unpaired) electrons. The zero-order valence-electron chi connectivity index (χ0n) is 20.2. The van der Waals surface area contributed by atoms with E-state index in [0.717, 1.165) is 5.32 Å². The zero-order chi connectivity index (χ0) is 23.3. The Morgan fingerprint density at radius 2 is 1.48 bits per heavy atom. The molecule has 2 saturated heterocycles. The molecule has 7 nitrogen and oxygen atoms in total. The number of nitrogens with one attached hydrogen (secondary N) is 1. The standard InChI is InChI=1S/C21H38N2O5SeSi2/c1-12(2)30(13(3)4)26-17-11-29-20(23-10-16(9)19(24)22-21(23)25)18(17)27-31(28-30,14(5)6)15(7)8/h10,12-15,17-18,20H,11H2,1-9H3,(H,22,24,25)/t17-,18+,20?/m0/s1. The Bertz CT molecular complexity index is 898. The second kappa shape index (κ2) is 9.04. The molecule has 3 atom stereocenters. The summed E-state index contributed by atoms with van der Waals surface area (Å²) in [6.07, 6.45) is 1.38. The summed E-state index contributed by atoms with van der Waals surface area (Å²) in [6, 6.07) is 0. The van der Waals surface area contributed by atoms with E-state index in [4.69, 9.17) is 13.0 Å². The minimum atomic E-state index is -2.69. The molecule has 31 heavy (non-hydrogen) atoms. The Morgan fingerprint density at radius 1 is 0.968 bits per heavy atom. The Labute approximate surface area is 193 Å². The predicted octanol–water partition coefficient (Wildman–Crippen LogP) is 3.80. The van der Waals surface area contributed by atoms with Crippen LogP contribution in [0.25, 0.3) is 0 Å². The van der Waals surface area contributed by atoms with Gasteiger partial charge in [0.1, 0.15) is 0 Å². The molecule has 176 valence electrons. The number of hydrogen-bond acceptors (Lipinski definition) is 5. The number of aryl methyl sites for hydroxylation is 1. The van der Waals surface area contributed by atoms with Crippen LogP contribution in [0.3, 0.4) is 0 Å². The second-order valence-electron chi connectivity index (χ2n) is 10.1. The van der Waals surface area contributed by atoms with E-state index in [2.05, 4.69) is 60.4 Å². The van der Waals surface area contributed by atoms with E-state index in [0.29, 0.717) is 16.6 Å². The van der Waals surface area contributed by atoms with Crippen molar-refractivity contribution in [1.29, 1.82) is 0 Å². The summed E-state index contributed by atoms with van der Waals surface area (Å²) in [5.74, 6) is 0. The van der Waals surface area contributed by atoms with Crippen molar-refractivity contribution in [3.05, 3.63) is 32.6 Å². The monoisotopic (exact) mass is 534 g/mol. The van der Waals surface area contributed by atoms with Gasteiger partial charge in [0.05, 0.1) is 0 Å². The summed E-state index contributed by atoms with van der Waals surface area (Å²) in [7, 11) is -5.29. The van der Waals surface area contributed by atoms with Gasteiger partial charge in [0, 0.05) is 0 Å². The summed E-state index contributed by atoms with van der Waals surface area (Å²) in [4.78, 5) is 27.0. The van der Waals surface area contributed by atoms with E-state index < -0.39 is 17.1 Å². The first-order chi connectivity index (χ1) is 14.4. The minimum absolute atomic E-state index is 0.0764. The van der Waals surface area contributed by atoms with E-state index >= 15 is 0 Å². The van der Waals surface area contributed by atoms with Gasteiger partial charge in [-0.2, -0.15) is 0 Å². The Balaban J connectivity index is 2.16. The second-order valence-corrected chi connectivity index (χ2v) is 21.3. The first-order valence-electron chi connectivity index (χ1n) is 11.3. The molecule has 0 aliphatic carbocycles. The van der Waals surface area contributed by atoms with E-state index in [1.807, 2.05) is 0 Å². The summed E-state index contributed by atoms with van der Waals surface area (Å²) in [5.41, 5.74) is 0.934. The van der Waals surface area contributed by atoms with E-state index in [1.54, 1.807) is 17.7 Å². The van der Waals surface area contributed by atoms with Gasteiger partial charge in [-0.05, 0) is 0 Å². The Hall–Kier alpha value is -0.487. The van der Waals surface area contributed by atoms with Gasteiger partial charge in [-0.3, -0.25) is 0 Å². The number of rotatable bonds is 5. The van der Waals surface area contributed by atoms with Crippen molar-refractivity contribution >= 4 is 32.1 Å². The average Bonchev–Trinajstić information content (AvgIpc) is 2.95. The zero-order valence-corrected chi connectivity index (χ0v) is 23.9. The number of aromatic amines is 1. The van der Waals surface area contributed by atoms with Crippen LogP contribution < -0.4 is 11.2 Å². The van der Waals surface area contributed by atoms with Crippen LogP contribution in [0, 0.1) is 6.92 Å². The molecule has 1 aromatic rings. The number of aromatic nitrogens is 2. The fourth-order valence-electron chi connectivity index (χ4n) is 4.91. The predicted molar refractivity (Wildman–Crippen MR) is 128 cm³/mol. The van der Waals surface area contributed by atoms with Crippen LogP contribution in [-0.2, 0) is 13.0 Å². The maximum absolute atomic E-state index is 12.7. The third kappa shape index (κ3) is 4.25. The van der Waals surface area contributed by atoms with Gasteiger partial charge >= 0.3 is 194 Å². The van der Waals surface area contributed by atoms with Gasteiger partial charge in [-0.1, -0.05) is 0 Å². The third-order valence-corrected chi connectivity index (χ3v) is 19.8. The quantitative estimate of drug-likeness (QED) is 0.583. The van der Waals surface area contributed by atoms with Crippen LogP contribution in [0.5, 0.6) is 0 Å². The molecule has 1 unspecified atom stereocenters. The molecule has 0 amide bonds. The van der Waals surface area contributed by atoms with Crippen LogP contribution in [-0.4, -0.2) is 53.8 Å². The molecule has 0 saturated carbocycles. The average molecular weight is 534 g/mol. The fourth-order valence-corrected chi connectivity index (χ4v) is 19.6. The van der Waals surface area contributed by atoms with Crippen LogP contribution in [0.4, 0.5) is 0 Å². The Kier molecular flexibility index (Phi) is 7.33. The fraction of sp³-hybridized carbons (Fsp3) is 0.810. The number of H-pyrrole nitrogens is 1. The van der Waals surface area contributed by atoms with Crippen molar-refractivity contribution in [2.75, 3.05) is 0 Å². The molecule has 3 rings (SSSR count). The van der Waals surface area contributed by atoms with Crippen molar-refractivity contribution in [2.45, 2.75) is 107 Å². The van der Waals surface area contributed by atoms with Gasteiger partial charge in [-0.15, -0.1) is 0 Å². The first kappa shape index (κ1) is 25.1. The molecule has 2 aliphatic heterocycles. The van der Waals surface area contributed by atoms with Crippen molar-refractivity contribution in [1.82, 2.24) is 9.55 Å². The molecule has 0 spiro atoms. The molecule has 0 bridgehead atoms. The number of fused-ring (bicyclic) bond motifs is 1. The molecule has 2 fully saturated rings. The van der Waals surface area contributed by atoms with Gasteiger partial charge in [0.15, 0.2) is 0 Å². The molecule has 1 N–H and O–H groups in total. The molecular formula is C21H38N2O5SeSi2. The van der Waals surface area contributed by atoms with Crippen molar-refractivity contribution in [3.63, 3.8) is 0 Å². The van der Waals surface area contributed by atoms with Crippen molar-refractivity contribution < 1.29 is 13.0 Å². The topological polar surface area (TPSA) is 82.6 Å². The summed E-state index contributed by atoms with van der Waals surface area (Å²) >= 11 is 0.114. The summed E-state index contributed by atoms with van der Waals surface area (Å²) in [6.45, 7) is 19.4. The van der Waals surface area contributed by atoms with Gasteiger partial charge in [0.2, 0.25) is 0 Å². The number of hydrogen-bond donors (Lipinski definition) is 1. The van der Waals surface area contributed by atoms with Crippen LogP contribution in [0.2, 0.25) is 27.5 Å². The molecule has 10 heteroatoms. The molecular weight excluding hydrogens is 495 g/mol. The van der Waals surface area contributed by atoms with E-state index in [9.17, 15) is 9.59 Å². The van der Waals surface area contributed by atoms with E-state index in [1.165, 1.54) is 0 Å². The first-order valence-corrected chi connectivity index (χ1v) is 17.5. The maximum atomic E-state index is 12.7. The van der Waals surface area contributed by atoms with Crippen molar-refractivity contribution in [2.24, 2.45) is 0 Å². The van der Waals surface area contributed by atoms with Gasteiger partial charge < -0.3 is 0 Å². The van der Waals surface area contributed by atoms with Gasteiger partial charge in [-0.25, -0.2) is 0 Å². The van der Waals surface area contributed by atoms with Crippen LogP contribution in [0.1, 0.15) is 65.9 Å². The summed E-state index contributed by atoms with van der Waals surface area (Å²) < 4.78 is 23.0. The Morgan fingerprint density at radius 3 is 2.00 bits per heavy atom. The van der Waals surface area contributed by atoms with E-state index in [-0.39, 0.29) is 54.4 Å².